The highest BCUT2D eigenvalue weighted by Crippen LogP contribution is 2.27. The first kappa shape index (κ1) is 21.8. The molecule has 9 heteroatoms. The molecule has 2 rings (SSSR count). The van der Waals surface area contributed by atoms with E-state index in [1.807, 2.05) is 12.1 Å². The molecule has 0 aliphatic carbocycles. The summed E-state index contributed by atoms with van der Waals surface area (Å²) in [6.45, 7) is 6.42. The van der Waals surface area contributed by atoms with Gasteiger partial charge in [-0.05, 0) is 36.0 Å². The maximum absolute atomic E-state index is 12.8. The SMILES string of the molecule is CNC(=O)CS(=O)(=O)C1CCN(S(=O)(=O)c2ccc(C(C)(C)C)cc2)CC1. The lowest BCUT2D eigenvalue weighted by Gasteiger charge is -2.31. The Morgan fingerprint density at radius 3 is 2.04 bits per heavy atom. The van der Waals surface area contributed by atoms with Gasteiger partial charge in [-0.25, -0.2) is 16.8 Å². The Morgan fingerprint density at radius 2 is 1.59 bits per heavy atom. The summed E-state index contributed by atoms with van der Waals surface area (Å²) < 4.78 is 51.6. The lowest BCUT2D eigenvalue weighted by molar-refractivity contribution is -0.118. The second kappa shape index (κ2) is 7.89. The molecule has 1 aliphatic heterocycles. The van der Waals surface area contributed by atoms with Gasteiger partial charge in [-0.1, -0.05) is 32.9 Å². The molecule has 1 aromatic rings. The van der Waals surface area contributed by atoms with Gasteiger partial charge in [0.2, 0.25) is 15.9 Å². The minimum absolute atomic E-state index is 0.0697. The van der Waals surface area contributed by atoms with Crippen LogP contribution in [0.25, 0.3) is 0 Å². The van der Waals surface area contributed by atoms with Crippen LogP contribution in [0.1, 0.15) is 39.2 Å². The second-order valence-corrected chi connectivity index (χ2v) is 12.1. The third-order valence-corrected chi connectivity index (χ3v) is 8.94. The van der Waals surface area contributed by atoms with Gasteiger partial charge in [0.05, 0.1) is 10.1 Å². The summed E-state index contributed by atoms with van der Waals surface area (Å²) in [7, 11) is -5.86. The van der Waals surface area contributed by atoms with Crippen LogP contribution in [0.4, 0.5) is 0 Å². The molecule has 1 fully saturated rings. The van der Waals surface area contributed by atoms with E-state index < -0.39 is 36.8 Å². The molecule has 0 unspecified atom stereocenters. The summed E-state index contributed by atoms with van der Waals surface area (Å²) in [6.07, 6.45) is 0.386. The predicted octanol–water partition coefficient (Wildman–Crippen LogP) is 1.30. The van der Waals surface area contributed by atoms with Crippen LogP contribution in [0.5, 0.6) is 0 Å². The maximum Gasteiger partial charge on any atom is 0.243 e. The summed E-state index contributed by atoms with van der Waals surface area (Å²) >= 11 is 0. The fraction of sp³-hybridized carbons (Fsp3) is 0.611. The van der Waals surface area contributed by atoms with Crippen LogP contribution >= 0.6 is 0 Å². The van der Waals surface area contributed by atoms with E-state index in [9.17, 15) is 21.6 Å². The number of hydrogen-bond acceptors (Lipinski definition) is 5. The Bertz CT molecular complexity index is 877. The zero-order valence-corrected chi connectivity index (χ0v) is 17.9. The fourth-order valence-corrected chi connectivity index (χ4v) is 6.22. The summed E-state index contributed by atoms with van der Waals surface area (Å²) in [6, 6.07) is 6.83. The molecule has 1 amide bonds. The Balaban J connectivity index is 2.09. The van der Waals surface area contributed by atoms with Crippen LogP contribution in [-0.4, -0.2) is 58.2 Å². The summed E-state index contributed by atoms with van der Waals surface area (Å²) in [5.41, 5.74) is 0.972. The van der Waals surface area contributed by atoms with E-state index in [1.165, 1.54) is 11.4 Å². The number of piperidine rings is 1. The van der Waals surface area contributed by atoms with Gasteiger partial charge in [-0.2, -0.15) is 4.31 Å². The van der Waals surface area contributed by atoms with Crippen molar-refractivity contribution < 1.29 is 21.6 Å². The molecule has 1 N–H and O–H groups in total. The normalized spacial score (nSPS) is 17.6. The van der Waals surface area contributed by atoms with Gasteiger partial charge < -0.3 is 5.32 Å². The minimum atomic E-state index is -3.66. The Hall–Kier alpha value is -1.45. The van der Waals surface area contributed by atoms with Crippen molar-refractivity contribution in [2.45, 2.75) is 49.2 Å². The number of carbonyl (C=O) groups is 1. The molecule has 7 nitrogen and oxygen atoms in total. The van der Waals surface area contributed by atoms with Crippen LogP contribution in [-0.2, 0) is 30.1 Å². The van der Waals surface area contributed by atoms with Crippen molar-refractivity contribution in [1.82, 2.24) is 9.62 Å². The van der Waals surface area contributed by atoms with Crippen LogP contribution in [0.3, 0.4) is 0 Å². The molecule has 1 aromatic carbocycles. The number of carbonyl (C=O) groups excluding carboxylic acids is 1. The molecule has 152 valence electrons. The van der Waals surface area contributed by atoms with Crippen molar-refractivity contribution in [2.75, 3.05) is 25.9 Å². The van der Waals surface area contributed by atoms with Crippen LogP contribution in [0.2, 0.25) is 0 Å². The molecular formula is C18H28N2O5S2. The van der Waals surface area contributed by atoms with Gasteiger partial charge in [0.15, 0.2) is 9.84 Å². The van der Waals surface area contributed by atoms with Gasteiger partial charge in [0.25, 0.3) is 0 Å². The first-order chi connectivity index (χ1) is 12.4. The zero-order chi connectivity index (χ0) is 20.5. The number of rotatable bonds is 5. The van der Waals surface area contributed by atoms with Crippen molar-refractivity contribution in [3.63, 3.8) is 0 Å². The average Bonchev–Trinajstić information content (AvgIpc) is 2.60. The van der Waals surface area contributed by atoms with Crippen molar-refractivity contribution in [2.24, 2.45) is 0 Å². The second-order valence-electron chi connectivity index (χ2n) is 7.86. The predicted molar refractivity (Wildman–Crippen MR) is 105 cm³/mol. The third kappa shape index (κ3) is 5.08. The van der Waals surface area contributed by atoms with Crippen LogP contribution in [0, 0.1) is 0 Å². The molecule has 1 aliphatic rings. The number of nitrogens with one attached hydrogen (secondary N) is 1. The van der Waals surface area contributed by atoms with Gasteiger partial charge in [0.1, 0.15) is 5.75 Å². The van der Waals surface area contributed by atoms with Crippen molar-refractivity contribution >= 4 is 25.8 Å². The molecule has 1 saturated heterocycles. The van der Waals surface area contributed by atoms with Gasteiger partial charge >= 0.3 is 0 Å². The molecule has 0 atom stereocenters. The van der Waals surface area contributed by atoms with E-state index >= 15 is 0 Å². The first-order valence-corrected chi connectivity index (χ1v) is 12.1. The molecule has 0 spiro atoms. The van der Waals surface area contributed by atoms with E-state index in [4.69, 9.17) is 0 Å². The molecule has 0 saturated carbocycles. The molecule has 0 aromatic heterocycles. The standard InChI is InChI=1S/C18H28N2O5S2/c1-18(2,3)14-5-7-16(8-6-14)27(24,25)20-11-9-15(10-12-20)26(22,23)13-17(21)19-4/h5-8,15H,9-13H2,1-4H3,(H,19,21). The molecule has 1 heterocycles. The van der Waals surface area contributed by atoms with Gasteiger partial charge in [-0.15, -0.1) is 0 Å². The van der Waals surface area contributed by atoms with Crippen LogP contribution < -0.4 is 5.32 Å². The molecular weight excluding hydrogens is 388 g/mol. The van der Waals surface area contributed by atoms with Crippen molar-refractivity contribution in [3.8, 4) is 0 Å². The Labute approximate surface area is 162 Å². The first-order valence-electron chi connectivity index (χ1n) is 8.91. The molecule has 0 radical (unpaired) electrons. The van der Waals surface area contributed by atoms with Crippen molar-refractivity contribution in [1.29, 1.82) is 0 Å². The quantitative estimate of drug-likeness (QED) is 0.780. The topological polar surface area (TPSA) is 101 Å². The van der Waals surface area contributed by atoms with E-state index in [0.717, 1.165) is 5.56 Å². The van der Waals surface area contributed by atoms with Gasteiger partial charge in [-0.3, -0.25) is 4.79 Å². The van der Waals surface area contributed by atoms with E-state index in [1.54, 1.807) is 12.1 Å². The monoisotopic (exact) mass is 416 g/mol. The zero-order valence-electron chi connectivity index (χ0n) is 16.2. The van der Waals surface area contributed by atoms with Gasteiger partial charge in [0, 0.05) is 20.1 Å². The third-order valence-electron chi connectivity index (χ3n) is 4.88. The Kier molecular flexibility index (Phi) is 6.38. The highest BCUT2D eigenvalue weighted by atomic mass is 32.2. The number of sulfonamides is 1. The molecule has 0 bridgehead atoms. The summed E-state index contributed by atoms with van der Waals surface area (Å²) in [5, 5.41) is 1.62. The lowest BCUT2D eigenvalue weighted by Crippen LogP contribution is -2.44. The summed E-state index contributed by atoms with van der Waals surface area (Å²) in [4.78, 5) is 11.6. The number of nitrogens with zero attached hydrogens (tertiary/aromatic N) is 1. The highest BCUT2D eigenvalue weighted by molar-refractivity contribution is 7.92. The number of sulfone groups is 1. The fourth-order valence-electron chi connectivity index (χ4n) is 3.08. The van der Waals surface area contributed by atoms with Crippen molar-refractivity contribution in [3.05, 3.63) is 29.8 Å². The largest absolute Gasteiger partial charge is 0.358 e. The molecule has 27 heavy (non-hydrogen) atoms. The van der Waals surface area contributed by atoms with E-state index in [-0.39, 0.29) is 36.2 Å². The maximum atomic E-state index is 12.8. The highest BCUT2D eigenvalue weighted by Gasteiger charge is 2.35. The Morgan fingerprint density at radius 1 is 1.07 bits per heavy atom. The van der Waals surface area contributed by atoms with Crippen LogP contribution in [0.15, 0.2) is 29.2 Å². The number of benzene rings is 1. The minimum Gasteiger partial charge on any atom is -0.358 e. The average molecular weight is 417 g/mol. The lowest BCUT2D eigenvalue weighted by atomic mass is 9.87. The number of hydrogen-bond donors (Lipinski definition) is 1. The summed E-state index contributed by atoms with van der Waals surface area (Å²) in [5.74, 6) is -1.11. The number of amides is 1. The van der Waals surface area contributed by atoms with E-state index in [0.29, 0.717) is 0 Å². The van der Waals surface area contributed by atoms with E-state index in [2.05, 4.69) is 26.1 Å². The smallest absolute Gasteiger partial charge is 0.243 e.